The fourth-order valence-corrected chi connectivity index (χ4v) is 1.83. The average molecular weight is 172 g/mol. The molecule has 1 rings (SSSR count). The summed E-state index contributed by atoms with van der Waals surface area (Å²) in [5.74, 6) is 0. The van der Waals surface area contributed by atoms with Crippen LogP contribution in [0.1, 0.15) is 26.7 Å². The molecule has 1 aliphatic heterocycles. The van der Waals surface area contributed by atoms with Crippen LogP contribution in [0.5, 0.6) is 0 Å². The highest BCUT2D eigenvalue weighted by atomic mass is 16.3. The Hall–Kier alpha value is -0.120. The van der Waals surface area contributed by atoms with E-state index in [1.165, 1.54) is 25.9 Å². The molecule has 0 spiro atoms. The SMILES string of the molecule is CCCN1CCC(NC(C)O)C1. The highest BCUT2D eigenvalue weighted by Gasteiger charge is 2.21. The summed E-state index contributed by atoms with van der Waals surface area (Å²) in [5, 5.41) is 12.2. The van der Waals surface area contributed by atoms with Crippen molar-refractivity contribution < 1.29 is 5.11 Å². The first kappa shape index (κ1) is 9.96. The third-order valence-electron chi connectivity index (χ3n) is 2.29. The second-order valence-electron chi connectivity index (χ2n) is 3.63. The van der Waals surface area contributed by atoms with Gasteiger partial charge in [-0.15, -0.1) is 0 Å². The lowest BCUT2D eigenvalue weighted by Gasteiger charge is -2.16. The second kappa shape index (κ2) is 4.80. The zero-order chi connectivity index (χ0) is 8.97. The van der Waals surface area contributed by atoms with Crippen LogP contribution in [-0.2, 0) is 0 Å². The molecule has 0 amide bonds. The van der Waals surface area contributed by atoms with Crippen molar-refractivity contribution in [2.75, 3.05) is 19.6 Å². The van der Waals surface area contributed by atoms with E-state index in [1.54, 1.807) is 6.92 Å². The Kier molecular flexibility index (Phi) is 3.98. The van der Waals surface area contributed by atoms with Crippen molar-refractivity contribution in [2.45, 2.75) is 39.0 Å². The minimum Gasteiger partial charge on any atom is -0.379 e. The highest BCUT2D eigenvalue weighted by molar-refractivity contribution is 4.80. The minimum absolute atomic E-state index is 0.364. The van der Waals surface area contributed by atoms with Crippen molar-refractivity contribution in [2.24, 2.45) is 0 Å². The van der Waals surface area contributed by atoms with E-state index < -0.39 is 0 Å². The number of rotatable bonds is 4. The van der Waals surface area contributed by atoms with Crippen LogP contribution in [0.15, 0.2) is 0 Å². The lowest BCUT2D eigenvalue weighted by atomic mass is 10.2. The molecule has 2 unspecified atom stereocenters. The fourth-order valence-electron chi connectivity index (χ4n) is 1.83. The Balaban J connectivity index is 2.16. The number of nitrogens with zero attached hydrogens (tertiary/aromatic N) is 1. The van der Waals surface area contributed by atoms with E-state index >= 15 is 0 Å². The van der Waals surface area contributed by atoms with E-state index in [1.807, 2.05) is 0 Å². The van der Waals surface area contributed by atoms with Crippen LogP contribution in [0.3, 0.4) is 0 Å². The van der Waals surface area contributed by atoms with Gasteiger partial charge in [-0.25, -0.2) is 0 Å². The molecular weight excluding hydrogens is 152 g/mol. The Morgan fingerprint density at radius 2 is 2.42 bits per heavy atom. The lowest BCUT2D eigenvalue weighted by molar-refractivity contribution is 0.140. The van der Waals surface area contributed by atoms with Crippen molar-refractivity contribution in [3.8, 4) is 0 Å². The smallest absolute Gasteiger partial charge is 0.102 e. The van der Waals surface area contributed by atoms with Crippen LogP contribution in [-0.4, -0.2) is 41.9 Å². The van der Waals surface area contributed by atoms with Gasteiger partial charge in [-0.05, 0) is 32.9 Å². The molecule has 1 saturated heterocycles. The van der Waals surface area contributed by atoms with Gasteiger partial charge in [0.05, 0.1) is 0 Å². The summed E-state index contributed by atoms with van der Waals surface area (Å²) in [6.45, 7) is 7.45. The summed E-state index contributed by atoms with van der Waals surface area (Å²) in [6, 6.07) is 0.497. The van der Waals surface area contributed by atoms with E-state index in [-0.39, 0.29) is 6.23 Å². The molecule has 1 fully saturated rings. The van der Waals surface area contributed by atoms with Gasteiger partial charge in [0, 0.05) is 12.6 Å². The molecule has 0 aromatic rings. The fraction of sp³-hybridized carbons (Fsp3) is 1.00. The van der Waals surface area contributed by atoms with Gasteiger partial charge < -0.3 is 10.0 Å². The summed E-state index contributed by atoms with van der Waals surface area (Å²) in [7, 11) is 0. The molecule has 0 aromatic heterocycles. The molecule has 2 atom stereocenters. The van der Waals surface area contributed by atoms with Crippen LogP contribution in [0.2, 0.25) is 0 Å². The molecule has 0 bridgehead atoms. The van der Waals surface area contributed by atoms with Crippen LogP contribution in [0, 0.1) is 0 Å². The Labute approximate surface area is 74.8 Å². The summed E-state index contributed by atoms with van der Waals surface area (Å²) < 4.78 is 0. The van der Waals surface area contributed by atoms with Gasteiger partial charge in [-0.2, -0.15) is 0 Å². The third kappa shape index (κ3) is 3.09. The molecule has 2 N–H and O–H groups in total. The zero-order valence-electron chi connectivity index (χ0n) is 8.08. The summed E-state index contributed by atoms with van der Waals surface area (Å²) >= 11 is 0. The Morgan fingerprint density at radius 1 is 1.67 bits per heavy atom. The molecule has 12 heavy (non-hydrogen) atoms. The van der Waals surface area contributed by atoms with Crippen molar-refractivity contribution in [1.29, 1.82) is 0 Å². The summed E-state index contributed by atoms with van der Waals surface area (Å²) in [4.78, 5) is 2.44. The first-order chi connectivity index (χ1) is 5.72. The maximum atomic E-state index is 9.10. The molecule has 0 saturated carbocycles. The third-order valence-corrected chi connectivity index (χ3v) is 2.29. The predicted octanol–water partition coefficient (Wildman–Crippen LogP) is 0.399. The van der Waals surface area contributed by atoms with E-state index in [0.717, 1.165) is 6.54 Å². The second-order valence-corrected chi connectivity index (χ2v) is 3.63. The maximum Gasteiger partial charge on any atom is 0.102 e. The van der Waals surface area contributed by atoms with Gasteiger partial charge in [0.25, 0.3) is 0 Å². The standard InChI is InChI=1S/C9H20N2O/c1-3-5-11-6-4-9(7-11)10-8(2)12/h8-10,12H,3-7H2,1-2H3. The van der Waals surface area contributed by atoms with Crippen molar-refractivity contribution in [1.82, 2.24) is 10.2 Å². The largest absolute Gasteiger partial charge is 0.379 e. The van der Waals surface area contributed by atoms with Gasteiger partial charge in [-0.1, -0.05) is 6.92 Å². The predicted molar refractivity (Wildman–Crippen MR) is 50.0 cm³/mol. The van der Waals surface area contributed by atoms with E-state index in [9.17, 15) is 0 Å². The van der Waals surface area contributed by atoms with E-state index in [2.05, 4.69) is 17.1 Å². The topological polar surface area (TPSA) is 35.5 Å². The first-order valence-electron chi connectivity index (χ1n) is 4.89. The molecule has 3 heteroatoms. The average Bonchev–Trinajstić information content (AvgIpc) is 2.36. The molecule has 1 heterocycles. The number of hydrogen-bond donors (Lipinski definition) is 2. The first-order valence-corrected chi connectivity index (χ1v) is 4.89. The normalized spacial score (nSPS) is 27.8. The molecule has 3 nitrogen and oxygen atoms in total. The molecular formula is C9H20N2O. The maximum absolute atomic E-state index is 9.10. The highest BCUT2D eigenvalue weighted by Crippen LogP contribution is 2.09. The van der Waals surface area contributed by atoms with Crippen LogP contribution >= 0.6 is 0 Å². The van der Waals surface area contributed by atoms with Gasteiger partial charge in [-0.3, -0.25) is 5.32 Å². The van der Waals surface area contributed by atoms with Crippen LogP contribution < -0.4 is 5.32 Å². The van der Waals surface area contributed by atoms with Crippen LogP contribution in [0.25, 0.3) is 0 Å². The van der Waals surface area contributed by atoms with Crippen LogP contribution in [0.4, 0.5) is 0 Å². The van der Waals surface area contributed by atoms with Crippen molar-refractivity contribution in [3.05, 3.63) is 0 Å². The summed E-state index contributed by atoms with van der Waals surface area (Å²) in [6.07, 6.45) is 2.03. The van der Waals surface area contributed by atoms with Crippen molar-refractivity contribution >= 4 is 0 Å². The van der Waals surface area contributed by atoms with Crippen molar-refractivity contribution in [3.63, 3.8) is 0 Å². The Morgan fingerprint density at radius 3 is 3.00 bits per heavy atom. The molecule has 0 aliphatic carbocycles. The zero-order valence-corrected chi connectivity index (χ0v) is 8.08. The van der Waals surface area contributed by atoms with Gasteiger partial charge >= 0.3 is 0 Å². The van der Waals surface area contributed by atoms with Gasteiger partial charge in [0.2, 0.25) is 0 Å². The molecule has 72 valence electrons. The van der Waals surface area contributed by atoms with Gasteiger partial charge in [0.1, 0.15) is 6.23 Å². The molecule has 1 aliphatic rings. The van der Waals surface area contributed by atoms with E-state index in [4.69, 9.17) is 5.11 Å². The van der Waals surface area contributed by atoms with E-state index in [0.29, 0.717) is 6.04 Å². The van der Waals surface area contributed by atoms with Gasteiger partial charge in [0.15, 0.2) is 0 Å². The Bertz CT molecular complexity index is 128. The monoisotopic (exact) mass is 172 g/mol. The quantitative estimate of drug-likeness (QED) is 0.602. The number of aliphatic hydroxyl groups excluding tert-OH is 1. The minimum atomic E-state index is -0.364. The number of aliphatic hydroxyl groups is 1. The number of nitrogens with one attached hydrogen (secondary N) is 1. The molecule has 0 radical (unpaired) electrons. The number of likely N-dealkylation sites (tertiary alicyclic amines) is 1. The number of hydrogen-bond acceptors (Lipinski definition) is 3. The lowest BCUT2D eigenvalue weighted by Crippen LogP contribution is -2.38. The summed E-state index contributed by atoms with van der Waals surface area (Å²) in [5.41, 5.74) is 0. The molecule has 0 aromatic carbocycles.